The molecular weight excluding hydrogens is 967 g/mol. The van der Waals surface area contributed by atoms with E-state index < -0.39 is 121 Å². The Balaban J connectivity index is 1.46. The number of carbonyl (C=O) groups is 6. The van der Waals surface area contributed by atoms with Crippen LogP contribution in [0.2, 0.25) is 18.1 Å². The lowest BCUT2D eigenvalue weighted by molar-refractivity contribution is -0.344. The first-order valence-electron chi connectivity index (χ1n) is 25.9. The largest absolute Gasteiger partial charge is 0.456 e. The molecule has 400 valence electrons. The number of ketones is 1. The summed E-state index contributed by atoms with van der Waals surface area (Å²) >= 11 is 0. The molecule has 0 spiro atoms. The number of amides is 1. The van der Waals surface area contributed by atoms with E-state index in [2.05, 4.69) is 26.1 Å². The van der Waals surface area contributed by atoms with Gasteiger partial charge in [0.2, 0.25) is 0 Å². The van der Waals surface area contributed by atoms with Crippen molar-refractivity contribution < 1.29 is 71.5 Å². The quantitative estimate of drug-likeness (QED) is 0.0363. The molecule has 2 N–H and O–H groups in total. The lowest BCUT2D eigenvalue weighted by Gasteiger charge is -2.68. The number of fused-ring (bicyclic) bond motifs is 5. The summed E-state index contributed by atoms with van der Waals surface area (Å²) in [4.78, 5) is 87.7. The normalized spacial score (nSPS) is 28.9. The van der Waals surface area contributed by atoms with Crippen LogP contribution in [-0.4, -0.2) is 123 Å². The van der Waals surface area contributed by atoms with Gasteiger partial charge in [-0.05, 0) is 79.9 Å². The lowest BCUT2D eigenvalue weighted by Crippen LogP contribution is -2.82. The minimum Gasteiger partial charge on any atom is -0.456 e. The van der Waals surface area contributed by atoms with Gasteiger partial charge in [0, 0.05) is 44.3 Å². The highest BCUT2D eigenvalue weighted by Crippen LogP contribution is 2.65. The molecule has 3 aromatic rings. The molecule has 16 nitrogen and oxygen atoms in total. The van der Waals surface area contributed by atoms with E-state index in [4.69, 9.17) is 37.6 Å². The van der Waals surface area contributed by atoms with E-state index in [1.165, 1.54) is 13.8 Å². The van der Waals surface area contributed by atoms with Gasteiger partial charge in [-0.3, -0.25) is 19.2 Å². The summed E-state index contributed by atoms with van der Waals surface area (Å²) in [7, 11) is -2.65. The van der Waals surface area contributed by atoms with Crippen LogP contribution in [0.5, 0.6) is 0 Å². The Morgan fingerprint density at radius 1 is 0.797 bits per heavy atom. The zero-order valence-electron chi connectivity index (χ0n) is 44.3. The number of benzene rings is 3. The zero-order valence-corrected chi connectivity index (χ0v) is 45.3. The molecule has 1 amide bonds. The summed E-state index contributed by atoms with van der Waals surface area (Å²) < 4.78 is 51.5. The van der Waals surface area contributed by atoms with E-state index >= 15 is 9.59 Å². The summed E-state index contributed by atoms with van der Waals surface area (Å²) in [5.41, 5.74) is -6.13. The molecule has 3 fully saturated rings. The number of rotatable bonds is 20. The molecule has 1 saturated heterocycles. The fourth-order valence-electron chi connectivity index (χ4n) is 12.2. The molecule has 11 atom stereocenters. The van der Waals surface area contributed by atoms with Crippen molar-refractivity contribution in [1.29, 1.82) is 0 Å². The molecule has 0 radical (unpaired) electrons. The van der Waals surface area contributed by atoms with Crippen molar-refractivity contribution in [3.63, 3.8) is 0 Å². The molecule has 2 unspecified atom stereocenters. The van der Waals surface area contributed by atoms with E-state index in [1.54, 1.807) is 119 Å². The second kappa shape index (κ2) is 22.7. The van der Waals surface area contributed by atoms with Gasteiger partial charge in [-0.1, -0.05) is 101 Å². The van der Waals surface area contributed by atoms with Gasteiger partial charge in [0.25, 0.3) is 5.91 Å². The SMILES string of the molecule is CCOCCO[C@@H](C(=O)O[C@H]1C[C@@]2(O)C(OC(=O)c3ccccc3)C3[C@](C)(C(=O)[C@H](OC(C)=O)C(=C1C)C2(C)C)[C@@H](O[Si](CC)(CC)CC)C[C@H]1OC[C@@]31OC(C)=O)[C@@H](NC(=O)c1ccccc1)c1ccccc1. The number of carbonyl (C=O) groups excluding carboxylic acids is 6. The first kappa shape index (κ1) is 56.2. The van der Waals surface area contributed by atoms with E-state index in [0.717, 1.165) is 0 Å². The average molecular weight is 1040 g/mol. The van der Waals surface area contributed by atoms with Crippen LogP contribution < -0.4 is 5.32 Å². The Hall–Kier alpha value is -5.56. The summed E-state index contributed by atoms with van der Waals surface area (Å²) in [6.07, 6.45) is -8.65. The van der Waals surface area contributed by atoms with Gasteiger partial charge < -0.3 is 48.0 Å². The Bertz CT molecular complexity index is 2540. The molecule has 74 heavy (non-hydrogen) atoms. The summed E-state index contributed by atoms with van der Waals surface area (Å²) in [6.45, 7) is 17.2. The number of hydrogen-bond donors (Lipinski definition) is 2. The molecule has 1 aliphatic heterocycles. The van der Waals surface area contributed by atoms with E-state index in [0.29, 0.717) is 35.9 Å². The second-order valence-electron chi connectivity index (χ2n) is 20.7. The first-order chi connectivity index (χ1) is 35.2. The van der Waals surface area contributed by atoms with Gasteiger partial charge >= 0.3 is 23.9 Å². The summed E-state index contributed by atoms with van der Waals surface area (Å²) in [6, 6.07) is 26.4. The van der Waals surface area contributed by atoms with Crippen LogP contribution in [0.15, 0.2) is 102 Å². The number of Topliss-reactive ketones (excluding diaryl/α,β-unsaturated/α-hetero) is 1. The summed E-state index contributed by atoms with van der Waals surface area (Å²) in [5, 5.41) is 17.3. The number of aliphatic hydroxyl groups is 1. The monoisotopic (exact) mass is 1040 g/mol. The third-order valence-electron chi connectivity index (χ3n) is 16.5. The Kier molecular flexibility index (Phi) is 17.3. The lowest BCUT2D eigenvalue weighted by atomic mass is 9.44. The number of hydrogen-bond acceptors (Lipinski definition) is 15. The number of esters is 4. The van der Waals surface area contributed by atoms with Crippen LogP contribution in [0, 0.1) is 16.7 Å². The summed E-state index contributed by atoms with van der Waals surface area (Å²) in [5.74, 6) is -5.90. The molecule has 7 rings (SSSR count). The van der Waals surface area contributed by atoms with Crippen molar-refractivity contribution in [1.82, 2.24) is 5.32 Å². The Morgan fingerprint density at radius 3 is 1.93 bits per heavy atom. The Morgan fingerprint density at radius 2 is 1.39 bits per heavy atom. The van der Waals surface area contributed by atoms with Gasteiger partial charge in [-0.2, -0.15) is 0 Å². The van der Waals surface area contributed by atoms with Crippen LogP contribution in [0.25, 0.3) is 0 Å². The molecule has 2 bridgehead atoms. The fraction of sp³-hybridized carbons (Fsp3) is 0.544. The van der Waals surface area contributed by atoms with Crippen molar-refractivity contribution in [2.75, 3.05) is 26.4 Å². The minimum absolute atomic E-state index is 0.0844. The highest BCUT2D eigenvalue weighted by atomic mass is 28.4. The predicted octanol–water partition coefficient (Wildman–Crippen LogP) is 7.83. The van der Waals surface area contributed by atoms with Crippen molar-refractivity contribution in [2.24, 2.45) is 16.7 Å². The van der Waals surface area contributed by atoms with Crippen LogP contribution in [0.4, 0.5) is 0 Å². The smallest absolute Gasteiger partial charge is 0.338 e. The van der Waals surface area contributed by atoms with Gasteiger partial charge in [-0.15, -0.1) is 0 Å². The van der Waals surface area contributed by atoms with Crippen LogP contribution in [-0.2, 0) is 56.8 Å². The molecule has 4 aliphatic rings. The number of ether oxygens (including phenoxy) is 7. The number of nitrogens with one attached hydrogen (secondary N) is 1. The molecule has 0 aromatic heterocycles. The molecular formula is C57H73NO15Si. The highest BCUT2D eigenvalue weighted by Gasteiger charge is 2.79. The van der Waals surface area contributed by atoms with Crippen molar-refractivity contribution in [3.05, 3.63) is 119 Å². The van der Waals surface area contributed by atoms with Crippen LogP contribution >= 0.6 is 0 Å². The molecule has 3 aliphatic carbocycles. The highest BCUT2D eigenvalue weighted by molar-refractivity contribution is 6.73. The van der Waals surface area contributed by atoms with Crippen molar-refractivity contribution >= 4 is 43.9 Å². The van der Waals surface area contributed by atoms with Gasteiger partial charge in [-0.25, -0.2) is 9.59 Å². The second-order valence-corrected chi connectivity index (χ2v) is 25.5. The minimum atomic E-state index is -2.65. The molecule has 17 heteroatoms. The van der Waals surface area contributed by atoms with Crippen molar-refractivity contribution in [2.45, 2.75) is 154 Å². The third-order valence-corrected chi connectivity index (χ3v) is 21.1. The topological polar surface area (TPSA) is 209 Å². The maximum Gasteiger partial charge on any atom is 0.338 e. The maximum absolute atomic E-state index is 16.5. The van der Waals surface area contributed by atoms with E-state index in [9.17, 15) is 24.3 Å². The third kappa shape index (κ3) is 10.4. The van der Waals surface area contributed by atoms with Crippen LogP contribution in [0.1, 0.15) is 114 Å². The van der Waals surface area contributed by atoms with Crippen LogP contribution in [0.3, 0.4) is 0 Å². The van der Waals surface area contributed by atoms with E-state index in [-0.39, 0.29) is 43.0 Å². The average Bonchev–Trinajstić information content (AvgIpc) is 3.38. The fourth-order valence-corrected chi connectivity index (χ4v) is 15.1. The zero-order chi connectivity index (χ0) is 53.8. The molecule has 1 heterocycles. The molecule has 3 aromatic carbocycles. The van der Waals surface area contributed by atoms with Crippen molar-refractivity contribution in [3.8, 4) is 0 Å². The van der Waals surface area contributed by atoms with Gasteiger partial charge in [0.15, 0.2) is 31.9 Å². The standard InChI is InChI=1S/C57H73NO15Si/c1-11-66-30-31-67-47(45(38-24-18-15-19-25-38)58-51(62)39-26-20-16-21-27-39)53(64)70-41-33-57(65)50(71-52(63)40-28-22-17-23-29-40)48-55(10,49(61)46(69-36(6)59)44(35(41)5)54(57,8)9)42(73-74(12-2,13-3)14-4)32-43-56(48,34-68-43)72-37(7)60/h15-29,41-43,45-48,50,65H,11-14,30-34H2,1-10H3,(H,58,62)/t41-,42-,43+,45-,46+,47+,48?,50?,55+,56-,57+/m0/s1. The predicted molar refractivity (Wildman–Crippen MR) is 274 cm³/mol. The molecule has 2 saturated carbocycles. The van der Waals surface area contributed by atoms with Gasteiger partial charge in [0.1, 0.15) is 23.9 Å². The Labute approximate surface area is 435 Å². The first-order valence-corrected chi connectivity index (χ1v) is 28.4. The van der Waals surface area contributed by atoms with E-state index in [1.807, 2.05) is 6.92 Å². The maximum atomic E-state index is 16.5. The van der Waals surface area contributed by atoms with Gasteiger partial charge in [0.05, 0.1) is 48.9 Å².